The van der Waals surface area contributed by atoms with Crippen molar-refractivity contribution in [1.82, 2.24) is 4.72 Å². The van der Waals surface area contributed by atoms with Crippen LogP contribution in [0.1, 0.15) is 0 Å². The van der Waals surface area contributed by atoms with Crippen LogP contribution in [-0.2, 0) is 14.8 Å². The number of nitrogens with zero attached hydrogens (tertiary/aromatic N) is 1. The molecule has 1 aromatic carbocycles. The number of carbonyl (C=O) groups excluding carboxylic acids is 1. The number of sulfonamides is 1. The second-order valence-corrected chi connectivity index (χ2v) is 5.50. The fourth-order valence-electron chi connectivity index (χ4n) is 1.23. The molecular formula is C9H9F2N3O6S. The maximum atomic E-state index is 13.4. The summed E-state index contributed by atoms with van der Waals surface area (Å²) >= 11 is 0. The minimum absolute atomic E-state index is 0.0389. The summed E-state index contributed by atoms with van der Waals surface area (Å²) in [5.74, 6) is -4.35. The van der Waals surface area contributed by atoms with E-state index in [0.717, 1.165) is 0 Å². The molecule has 0 radical (unpaired) electrons. The number of nitrogens with two attached hydrogens (primary N) is 1. The van der Waals surface area contributed by atoms with Gasteiger partial charge in [-0.25, -0.2) is 17.5 Å². The summed E-state index contributed by atoms with van der Waals surface area (Å²) in [4.78, 5) is 18.6. The first-order valence-corrected chi connectivity index (χ1v) is 6.65. The molecule has 0 saturated heterocycles. The number of nitrogens with one attached hydrogen (secondary N) is 1. The molecule has 9 nitrogen and oxygen atoms in total. The number of halogens is 2. The van der Waals surface area contributed by atoms with Gasteiger partial charge < -0.3 is 10.8 Å². The van der Waals surface area contributed by atoms with Crippen LogP contribution in [0.4, 0.5) is 14.5 Å². The van der Waals surface area contributed by atoms with Crippen LogP contribution in [0.5, 0.6) is 0 Å². The molecule has 1 amide bonds. The predicted octanol–water partition coefficient (Wildman–Crippen LogP) is -1.00. The number of rotatable bonds is 6. The van der Waals surface area contributed by atoms with E-state index in [9.17, 15) is 32.1 Å². The highest BCUT2D eigenvalue weighted by atomic mass is 32.2. The number of nitro benzene ring substituents is 1. The molecule has 0 fully saturated rings. The third kappa shape index (κ3) is 3.90. The van der Waals surface area contributed by atoms with Gasteiger partial charge in [0.25, 0.3) is 0 Å². The summed E-state index contributed by atoms with van der Waals surface area (Å²) in [5, 5.41) is 19.5. The zero-order chi connectivity index (χ0) is 16.4. The zero-order valence-electron chi connectivity index (χ0n) is 10.1. The molecule has 1 rings (SSSR count). The minimum atomic E-state index is -4.66. The predicted molar refractivity (Wildman–Crippen MR) is 63.4 cm³/mol. The molecule has 0 heterocycles. The molecule has 0 bridgehead atoms. The van der Waals surface area contributed by atoms with E-state index in [2.05, 4.69) is 5.73 Å². The van der Waals surface area contributed by atoms with Gasteiger partial charge in [0.1, 0.15) is 16.8 Å². The monoisotopic (exact) mass is 325 g/mol. The van der Waals surface area contributed by atoms with E-state index in [-0.39, 0.29) is 12.1 Å². The number of nitro groups is 1. The lowest BCUT2D eigenvalue weighted by molar-refractivity contribution is -0.387. The largest absolute Gasteiger partial charge is 0.382 e. The molecule has 0 aliphatic heterocycles. The lowest BCUT2D eigenvalue weighted by atomic mass is 10.3. The van der Waals surface area contributed by atoms with Crippen molar-refractivity contribution >= 4 is 21.6 Å². The van der Waals surface area contributed by atoms with E-state index < -0.39 is 55.7 Å². The van der Waals surface area contributed by atoms with Crippen molar-refractivity contribution in [3.8, 4) is 0 Å². The standard InChI is InChI=1S/C9H9F2N3O6S/c10-4-1-5(11)8(2-6(4)14(17)18)21(19,20)13-3-7(15)9(12)16/h1-2,7,13,15H,3H2,(H2,12,16). The van der Waals surface area contributed by atoms with Crippen molar-refractivity contribution in [3.63, 3.8) is 0 Å². The van der Waals surface area contributed by atoms with Gasteiger partial charge in [-0.3, -0.25) is 14.9 Å². The summed E-state index contributed by atoms with van der Waals surface area (Å²) in [5.41, 5.74) is 3.44. The van der Waals surface area contributed by atoms with Crippen molar-refractivity contribution in [2.24, 2.45) is 5.73 Å². The molecular weight excluding hydrogens is 316 g/mol. The molecule has 12 heteroatoms. The molecule has 0 aliphatic rings. The van der Waals surface area contributed by atoms with E-state index in [1.54, 1.807) is 4.72 Å². The summed E-state index contributed by atoms with van der Waals surface area (Å²) < 4.78 is 51.6. The first-order valence-electron chi connectivity index (χ1n) is 5.16. The average Bonchev–Trinajstić information content (AvgIpc) is 2.34. The summed E-state index contributed by atoms with van der Waals surface area (Å²) in [6.07, 6.45) is -1.88. The quantitative estimate of drug-likeness (QED) is 0.450. The highest BCUT2D eigenvalue weighted by Gasteiger charge is 2.27. The Hall–Kier alpha value is -2.18. The van der Waals surface area contributed by atoms with E-state index in [0.29, 0.717) is 0 Å². The van der Waals surface area contributed by atoms with Gasteiger partial charge in [-0.15, -0.1) is 0 Å². The maximum absolute atomic E-state index is 13.4. The lowest BCUT2D eigenvalue weighted by Gasteiger charge is -2.10. The number of benzene rings is 1. The average molecular weight is 325 g/mol. The van der Waals surface area contributed by atoms with Gasteiger partial charge in [-0.05, 0) is 0 Å². The normalized spacial score (nSPS) is 12.9. The number of amides is 1. The van der Waals surface area contributed by atoms with Crippen LogP contribution in [-0.4, -0.2) is 37.0 Å². The molecule has 0 aliphatic carbocycles. The molecule has 1 unspecified atom stereocenters. The van der Waals surface area contributed by atoms with Crippen molar-refractivity contribution in [2.75, 3.05) is 6.54 Å². The van der Waals surface area contributed by atoms with Crippen LogP contribution < -0.4 is 10.5 Å². The van der Waals surface area contributed by atoms with Gasteiger partial charge >= 0.3 is 5.69 Å². The summed E-state index contributed by atoms with van der Waals surface area (Å²) in [6, 6.07) is 0.223. The molecule has 4 N–H and O–H groups in total. The van der Waals surface area contributed by atoms with Gasteiger partial charge in [0.2, 0.25) is 21.7 Å². The van der Waals surface area contributed by atoms with E-state index in [1.165, 1.54) is 0 Å². The summed E-state index contributed by atoms with van der Waals surface area (Å²) in [6.45, 7) is -0.873. The molecule has 1 aromatic rings. The molecule has 1 atom stereocenters. The van der Waals surface area contributed by atoms with Gasteiger partial charge in [-0.1, -0.05) is 0 Å². The van der Waals surface area contributed by atoms with Crippen LogP contribution in [0.3, 0.4) is 0 Å². The first-order chi connectivity index (χ1) is 9.56. The first kappa shape index (κ1) is 16.9. The second kappa shape index (κ2) is 6.07. The molecule has 0 spiro atoms. The number of primary amides is 1. The van der Waals surface area contributed by atoms with Crippen LogP contribution in [0.15, 0.2) is 17.0 Å². The Labute approximate surface area is 116 Å². The Morgan fingerprint density at radius 3 is 2.48 bits per heavy atom. The SMILES string of the molecule is NC(=O)C(O)CNS(=O)(=O)c1cc([N+](=O)[O-])c(F)cc1F. The maximum Gasteiger partial charge on any atom is 0.306 e. The Kier molecular flexibility index (Phi) is 4.88. The van der Waals surface area contributed by atoms with Gasteiger partial charge in [0, 0.05) is 18.7 Å². The molecule has 0 aromatic heterocycles. The Balaban J connectivity index is 3.17. The highest BCUT2D eigenvalue weighted by Crippen LogP contribution is 2.24. The van der Waals surface area contributed by atoms with Gasteiger partial charge in [0.15, 0.2) is 0 Å². The number of aliphatic hydroxyl groups excluding tert-OH is 1. The molecule has 116 valence electrons. The third-order valence-corrected chi connectivity index (χ3v) is 3.72. The van der Waals surface area contributed by atoms with Gasteiger partial charge in [0.05, 0.1) is 4.92 Å². The van der Waals surface area contributed by atoms with Crippen LogP contribution >= 0.6 is 0 Å². The van der Waals surface area contributed by atoms with Gasteiger partial charge in [-0.2, -0.15) is 4.39 Å². The van der Waals surface area contributed by atoms with Crippen LogP contribution in [0.2, 0.25) is 0 Å². The molecule has 0 saturated carbocycles. The van der Waals surface area contributed by atoms with Crippen molar-refractivity contribution in [1.29, 1.82) is 0 Å². The van der Waals surface area contributed by atoms with Crippen LogP contribution in [0.25, 0.3) is 0 Å². The van der Waals surface area contributed by atoms with Crippen molar-refractivity contribution in [3.05, 3.63) is 33.9 Å². The van der Waals surface area contributed by atoms with Crippen LogP contribution in [0, 0.1) is 21.7 Å². The Bertz CT molecular complexity index is 693. The van der Waals surface area contributed by atoms with E-state index in [1.807, 2.05) is 0 Å². The van der Waals surface area contributed by atoms with Crippen molar-refractivity contribution in [2.45, 2.75) is 11.0 Å². The smallest absolute Gasteiger partial charge is 0.306 e. The second-order valence-electron chi connectivity index (χ2n) is 3.76. The fraction of sp³-hybridized carbons (Fsp3) is 0.222. The summed E-state index contributed by atoms with van der Waals surface area (Å²) in [7, 11) is -4.66. The van der Waals surface area contributed by atoms with E-state index >= 15 is 0 Å². The Morgan fingerprint density at radius 1 is 1.43 bits per heavy atom. The third-order valence-electron chi connectivity index (χ3n) is 2.28. The lowest BCUT2D eigenvalue weighted by Crippen LogP contribution is -2.40. The fourth-order valence-corrected chi connectivity index (χ4v) is 2.35. The Morgan fingerprint density at radius 2 is 2.00 bits per heavy atom. The number of hydrogen-bond donors (Lipinski definition) is 3. The zero-order valence-corrected chi connectivity index (χ0v) is 10.9. The highest BCUT2D eigenvalue weighted by molar-refractivity contribution is 7.89. The number of aliphatic hydroxyl groups is 1. The van der Waals surface area contributed by atoms with Crippen molar-refractivity contribution < 1.29 is 32.0 Å². The number of carbonyl (C=O) groups is 1. The minimum Gasteiger partial charge on any atom is -0.382 e. The molecule has 21 heavy (non-hydrogen) atoms. The van der Waals surface area contributed by atoms with E-state index in [4.69, 9.17) is 5.11 Å². The number of hydrogen-bond acceptors (Lipinski definition) is 6. The topological polar surface area (TPSA) is 153 Å².